The van der Waals surface area contributed by atoms with E-state index in [4.69, 9.17) is 14.6 Å². The summed E-state index contributed by atoms with van der Waals surface area (Å²) in [6, 6.07) is 10.6. The van der Waals surface area contributed by atoms with Crippen molar-refractivity contribution in [2.45, 2.75) is 11.8 Å². The number of sulfonamides is 1. The Labute approximate surface area is 146 Å². The van der Waals surface area contributed by atoms with E-state index in [1.807, 2.05) is 6.92 Å². The SMILES string of the molecule is COc1ccc(N(CC(=O)O)S(=O)(=O)c2ccc(C)cc2)cc1OC. The monoisotopic (exact) mass is 365 g/mol. The fourth-order valence-electron chi connectivity index (χ4n) is 2.26. The van der Waals surface area contributed by atoms with Gasteiger partial charge in [0.05, 0.1) is 24.8 Å². The molecule has 0 fully saturated rings. The van der Waals surface area contributed by atoms with Gasteiger partial charge in [0.2, 0.25) is 0 Å². The Morgan fingerprint density at radius 3 is 2.16 bits per heavy atom. The van der Waals surface area contributed by atoms with E-state index < -0.39 is 22.5 Å². The highest BCUT2D eigenvalue weighted by Crippen LogP contribution is 2.33. The van der Waals surface area contributed by atoms with E-state index in [1.165, 1.54) is 44.6 Å². The zero-order valence-corrected chi connectivity index (χ0v) is 14.9. The summed E-state index contributed by atoms with van der Waals surface area (Å²) in [7, 11) is -1.19. The molecule has 0 saturated carbocycles. The number of ether oxygens (including phenoxy) is 2. The highest BCUT2D eigenvalue weighted by molar-refractivity contribution is 7.92. The molecular formula is C17H19NO6S. The molecule has 2 aromatic rings. The zero-order chi connectivity index (χ0) is 18.6. The lowest BCUT2D eigenvalue weighted by Gasteiger charge is -2.23. The molecular weight excluding hydrogens is 346 g/mol. The first-order valence-corrected chi connectivity index (χ1v) is 8.77. The van der Waals surface area contributed by atoms with E-state index in [0.29, 0.717) is 11.5 Å². The molecule has 0 amide bonds. The number of methoxy groups -OCH3 is 2. The lowest BCUT2D eigenvalue weighted by atomic mass is 10.2. The first-order valence-electron chi connectivity index (χ1n) is 7.33. The zero-order valence-electron chi connectivity index (χ0n) is 14.1. The average Bonchev–Trinajstić information content (AvgIpc) is 2.59. The molecule has 0 radical (unpaired) electrons. The quantitative estimate of drug-likeness (QED) is 0.809. The molecule has 0 heterocycles. The Bertz CT molecular complexity index is 861. The van der Waals surface area contributed by atoms with E-state index in [9.17, 15) is 13.2 Å². The molecule has 0 aromatic heterocycles. The van der Waals surface area contributed by atoms with Crippen LogP contribution in [0.5, 0.6) is 11.5 Å². The van der Waals surface area contributed by atoms with E-state index >= 15 is 0 Å². The number of aliphatic carboxylic acids is 1. The second kappa shape index (κ2) is 7.43. The van der Waals surface area contributed by atoms with Crippen LogP contribution < -0.4 is 13.8 Å². The van der Waals surface area contributed by atoms with Crippen molar-refractivity contribution >= 4 is 21.7 Å². The number of rotatable bonds is 7. The number of carboxylic acids is 1. The summed E-state index contributed by atoms with van der Waals surface area (Å²) in [6.45, 7) is 1.12. The van der Waals surface area contributed by atoms with Gasteiger partial charge < -0.3 is 14.6 Å². The number of hydrogen-bond donors (Lipinski definition) is 1. The second-order valence-electron chi connectivity index (χ2n) is 5.26. The Morgan fingerprint density at radius 1 is 1.04 bits per heavy atom. The molecule has 2 rings (SSSR count). The Balaban J connectivity index is 2.56. The topological polar surface area (TPSA) is 93.1 Å². The van der Waals surface area contributed by atoms with Gasteiger partial charge in [-0.05, 0) is 31.2 Å². The fourth-order valence-corrected chi connectivity index (χ4v) is 3.66. The minimum Gasteiger partial charge on any atom is -0.493 e. The van der Waals surface area contributed by atoms with Gasteiger partial charge in [0, 0.05) is 6.07 Å². The van der Waals surface area contributed by atoms with Gasteiger partial charge in [-0.25, -0.2) is 8.42 Å². The molecule has 0 aliphatic rings. The van der Waals surface area contributed by atoms with Gasteiger partial charge >= 0.3 is 5.97 Å². The van der Waals surface area contributed by atoms with Crippen LogP contribution in [-0.4, -0.2) is 40.3 Å². The van der Waals surface area contributed by atoms with Crippen LogP contribution in [-0.2, 0) is 14.8 Å². The summed E-state index contributed by atoms with van der Waals surface area (Å²) in [4.78, 5) is 11.2. The molecule has 134 valence electrons. The summed E-state index contributed by atoms with van der Waals surface area (Å²) < 4.78 is 37.0. The Kier molecular flexibility index (Phi) is 5.53. The first kappa shape index (κ1) is 18.6. The number of nitrogens with zero attached hydrogens (tertiary/aromatic N) is 1. The van der Waals surface area contributed by atoms with Gasteiger partial charge in [-0.15, -0.1) is 0 Å². The number of benzene rings is 2. The minimum absolute atomic E-state index is 0.00846. The third-order valence-electron chi connectivity index (χ3n) is 3.54. The average molecular weight is 365 g/mol. The molecule has 7 nitrogen and oxygen atoms in total. The number of carboxylic acid groups (broad SMARTS) is 1. The number of anilines is 1. The maximum absolute atomic E-state index is 12.9. The summed E-state index contributed by atoms with van der Waals surface area (Å²) in [5, 5.41) is 9.16. The predicted octanol–water partition coefficient (Wildman–Crippen LogP) is 2.29. The molecule has 1 N–H and O–H groups in total. The van der Waals surface area contributed by atoms with Crippen LogP contribution in [0.2, 0.25) is 0 Å². The predicted molar refractivity (Wildman–Crippen MR) is 92.9 cm³/mol. The molecule has 0 aliphatic heterocycles. The van der Waals surface area contributed by atoms with Crippen LogP contribution in [0.3, 0.4) is 0 Å². The third-order valence-corrected chi connectivity index (χ3v) is 5.33. The van der Waals surface area contributed by atoms with Gasteiger partial charge in [0.25, 0.3) is 10.0 Å². The standard InChI is InChI=1S/C17H19NO6S/c1-12-4-7-14(8-5-12)25(21,22)18(11-17(19)20)13-6-9-15(23-2)16(10-13)24-3/h4-10H,11H2,1-3H3,(H,19,20). The Hall–Kier alpha value is -2.74. The van der Waals surface area contributed by atoms with Gasteiger partial charge in [0.1, 0.15) is 6.54 Å². The van der Waals surface area contributed by atoms with E-state index in [0.717, 1.165) is 9.87 Å². The van der Waals surface area contributed by atoms with Crippen molar-refractivity contribution in [2.75, 3.05) is 25.1 Å². The summed E-state index contributed by atoms with van der Waals surface area (Å²) in [5.74, 6) is -0.561. The van der Waals surface area contributed by atoms with Gasteiger partial charge in [-0.1, -0.05) is 17.7 Å². The smallest absolute Gasteiger partial charge is 0.324 e. The van der Waals surface area contributed by atoms with Crippen LogP contribution >= 0.6 is 0 Å². The van der Waals surface area contributed by atoms with Gasteiger partial charge in [-0.2, -0.15) is 0 Å². The fraction of sp³-hybridized carbons (Fsp3) is 0.235. The molecule has 2 aromatic carbocycles. The Morgan fingerprint density at radius 2 is 1.64 bits per heavy atom. The van der Waals surface area contributed by atoms with E-state index in [-0.39, 0.29) is 10.6 Å². The molecule has 0 atom stereocenters. The lowest BCUT2D eigenvalue weighted by Crippen LogP contribution is -2.35. The van der Waals surface area contributed by atoms with Crippen LogP contribution in [0.15, 0.2) is 47.4 Å². The van der Waals surface area contributed by atoms with Crippen molar-refractivity contribution in [3.63, 3.8) is 0 Å². The lowest BCUT2D eigenvalue weighted by molar-refractivity contribution is -0.135. The van der Waals surface area contributed by atoms with Crippen molar-refractivity contribution in [3.05, 3.63) is 48.0 Å². The van der Waals surface area contributed by atoms with Crippen LogP contribution in [0.1, 0.15) is 5.56 Å². The van der Waals surface area contributed by atoms with Gasteiger partial charge in [-0.3, -0.25) is 9.10 Å². The minimum atomic E-state index is -4.05. The summed E-state index contributed by atoms with van der Waals surface area (Å²) >= 11 is 0. The van der Waals surface area contributed by atoms with Gasteiger partial charge in [0.15, 0.2) is 11.5 Å². The van der Waals surface area contributed by atoms with Crippen LogP contribution in [0.4, 0.5) is 5.69 Å². The normalized spacial score (nSPS) is 11.0. The number of hydrogen-bond acceptors (Lipinski definition) is 5. The molecule has 25 heavy (non-hydrogen) atoms. The molecule has 0 bridgehead atoms. The summed E-state index contributed by atoms with van der Waals surface area (Å²) in [6.07, 6.45) is 0. The largest absolute Gasteiger partial charge is 0.493 e. The number of aryl methyl sites for hydroxylation is 1. The molecule has 0 aliphatic carbocycles. The maximum atomic E-state index is 12.9. The summed E-state index contributed by atoms with van der Waals surface area (Å²) in [5.41, 5.74) is 1.07. The van der Waals surface area contributed by atoms with Crippen molar-refractivity contribution in [2.24, 2.45) is 0 Å². The van der Waals surface area contributed by atoms with E-state index in [2.05, 4.69) is 0 Å². The molecule has 0 saturated heterocycles. The van der Waals surface area contributed by atoms with Crippen molar-refractivity contribution in [1.82, 2.24) is 0 Å². The second-order valence-corrected chi connectivity index (χ2v) is 7.12. The van der Waals surface area contributed by atoms with Crippen molar-refractivity contribution < 1.29 is 27.8 Å². The highest BCUT2D eigenvalue weighted by Gasteiger charge is 2.27. The first-order chi connectivity index (χ1) is 11.8. The van der Waals surface area contributed by atoms with Crippen LogP contribution in [0.25, 0.3) is 0 Å². The van der Waals surface area contributed by atoms with Crippen LogP contribution in [0, 0.1) is 6.92 Å². The highest BCUT2D eigenvalue weighted by atomic mass is 32.2. The molecule has 0 unspecified atom stereocenters. The number of carbonyl (C=O) groups is 1. The van der Waals surface area contributed by atoms with E-state index in [1.54, 1.807) is 12.1 Å². The molecule has 8 heteroatoms. The molecule has 0 spiro atoms. The van der Waals surface area contributed by atoms with Crippen molar-refractivity contribution in [1.29, 1.82) is 0 Å². The third kappa shape index (κ3) is 4.03. The maximum Gasteiger partial charge on any atom is 0.324 e. The van der Waals surface area contributed by atoms with Crippen molar-refractivity contribution in [3.8, 4) is 11.5 Å².